The number of carbonyl (C=O) groups excluding carboxylic acids is 1. The predicted molar refractivity (Wildman–Crippen MR) is 109 cm³/mol. The van der Waals surface area contributed by atoms with Gasteiger partial charge in [0.2, 0.25) is 5.95 Å². The lowest BCUT2D eigenvalue weighted by molar-refractivity contribution is 0.103. The number of aromatic nitrogens is 4. The van der Waals surface area contributed by atoms with Crippen molar-refractivity contribution in [3.8, 4) is 0 Å². The number of nitrogens with zero attached hydrogens (tertiary/aromatic N) is 3. The van der Waals surface area contributed by atoms with Crippen LogP contribution in [0.4, 0.5) is 14.6 Å². The van der Waals surface area contributed by atoms with Crippen LogP contribution >= 0.6 is 0 Å². The standard InChI is InChI=1S/C22H23F2N5O/c23-13-3-1-12(2-4-13)9-15-7-8-16(20(24)28-15)19(30)17-10-25-21-18(17)22(27-11-26-21)29-14-5-6-14/h7-8,10-14H,1-6,9H2,(H2,25,26,27,29). The second kappa shape index (κ2) is 7.74. The number of carbonyl (C=O) groups is 1. The van der Waals surface area contributed by atoms with Gasteiger partial charge in [-0.3, -0.25) is 4.79 Å². The summed E-state index contributed by atoms with van der Waals surface area (Å²) in [7, 11) is 0. The number of H-pyrrole nitrogens is 1. The largest absolute Gasteiger partial charge is 0.367 e. The molecule has 0 bridgehead atoms. The van der Waals surface area contributed by atoms with Gasteiger partial charge >= 0.3 is 0 Å². The van der Waals surface area contributed by atoms with E-state index < -0.39 is 17.9 Å². The van der Waals surface area contributed by atoms with E-state index in [1.807, 2.05) is 0 Å². The third-order valence-corrected chi connectivity index (χ3v) is 6.06. The number of fused-ring (bicyclic) bond motifs is 1. The zero-order valence-corrected chi connectivity index (χ0v) is 16.5. The normalized spacial score (nSPS) is 21.7. The highest BCUT2D eigenvalue weighted by molar-refractivity contribution is 6.18. The van der Waals surface area contributed by atoms with Gasteiger partial charge in [-0.25, -0.2) is 19.3 Å². The van der Waals surface area contributed by atoms with Gasteiger partial charge in [0.05, 0.1) is 16.5 Å². The van der Waals surface area contributed by atoms with E-state index in [-0.39, 0.29) is 5.56 Å². The summed E-state index contributed by atoms with van der Waals surface area (Å²) >= 11 is 0. The van der Waals surface area contributed by atoms with Crippen LogP contribution in [0, 0.1) is 11.9 Å². The Kier molecular flexibility index (Phi) is 4.92. The highest BCUT2D eigenvalue weighted by Crippen LogP contribution is 2.31. The number of ketones is 1. The van der Waals surface area contributed by atoms with E-state index in [9.17, 15) is 13.6 Å². The van der Waals surface area contributed by atoms with E-state index in [1.54, 1.807) is 12.3 Å². The molecule has 0 atom stereocenters. The molecule has 0 aliphatic heterocycles. The fourth-order valence-corrected chi connectivity index (χ4v) is 4.19. The second-order valence-corrected chi connectivity index (χ2v) is 8.36. The molecule has 6 nitrogen and oxygen atoms in total. The third kappa shape index (κ3) is 3.78. The Morgan fingerprint density at radius 3 is 2.63 bits per heavy atom. The Morgan fingerprint density at radius 1 is 1.10 bits per heavy atom. The van der Waals surface area contributed by atoms with Crippen molar-refractivity contribution in [3.63, 3.8) is 0 Å². The van der Waals surface area contributed by atoms with Crippen LogP contribution in [0.3, 0.4) is 0 Å². The molecule has 156 valence electrons. The van der Waals surface area contributed by atoms with Crippen molar-refractivity contribution in [1.29, 1.82) is 0 Å². The number of hydrogen-bond acceptors (Lipinski definition) is 5. The summed E-state index contributed by atoms with van der Waals surface area (Å²) in [6.45, 7) is 0. The first-order valence-electron chi connectivity index (χ1n) is 10.5. The summed E-state index contributed by atoms with van der Waals surface area (Å²) in [4.78, 5) is 28.6. The first-order chi connectivity index (χ1) is 14.6. The number of halogens is 2. The molecule has 0 radical (unpaired) electrons. The minimum Gasteiger partial charge on any atom is -0.367 e. The number of rotatable bonds is 6. The SMILES string of the molecule is O=C(c1ccc(CC2CCC(F)CC2)nc1F)c1c[nH]c2ncnc(NC3CC3)c12. The molecule has 8 heteroatoms. The minimum absolute atomic E-state index is 0.0756. The van der Waals surface area contributed by atoms with Crippen molar-refractivity contribution in [3.05, 3.63) is 47.4 Å². The molecule has 0 amide bonds. The van der Waals surface area contributed by atoms with Crippen molar-refractivity contribution in [2.24, 2.45) is 5.92 Å². The summed E-state index contributed by atoms with van der Waals surface area (Å²) in [5, 5.41) is 3.87. The van der Waals surface area contributed by atoms with Gasteiger partial charge in [0.25, 0.3) is 0 Å². The average Bonchev–Trinajstić information content (AvgIpc) is 3.44. The maximum absolute atomic E-state index is 14.8. The quantitative estimate of drug-likeness (QED) is 0.465. The number of pyridine rings is 1. The molecule has 2 saturated carbocycles. The Hall–Kier alpha value is -2.90. The molecule has 30 heavy (non-hydrogen) atoms. The molecule has 3 aromatic rings. The Labute approximate surface area is 172 Å². The Balaban J connectivity index is 1.40. The van der Waals surface area contributed by atoms with Crippen molar-refractivity contribution in [2.75, 3.05) is 5.32 Å². The first kappa shape index (κ1) is 19.1. The molecule has 2 fully saturated rings. The molecule has 2 aliphatic rings. The predicted octanol–water partition coefficient (Wildman–Crippen LogP) is 4.37. The lowest BCUT2D eigenvalue weighted by atomic mass is 9.85. The maximum Gasteiger partial charge on any atom is 0.224 e. The summed E-state index contributed by atoms with van der Waals surface area (Å²) < 4.78 is 28.1. The van der Waals surface area contributed by atoms with Crippen molar-refractivity contribution >= 4 is 22.6 Å². The molecule has 0 spiro atoms. The van der Waals surface area contributed by atoms with Gasteiger partial charge in [-0.15, -0.1) is 0 Å². The van der Waals surface area contributed by atoms with Crippen LogP contribution in [0.25, 0.3) is 11.0 Å². The molecule has 3 heterocycles. The lowest BCUT2D eigenvalue weighted by Crippen LogP contribution is -2.17. The van der Waals surface area contributed by atoms with E-state index in [2.05, 4.69) is 25.3 Å². The molecule has 2 N–H and O–H groups in total. The molecule has 3 aromatic heterocycles. The molecule has 2 aliphatic carbocycles. The van der Waals surface area contributed by atoms with Gasteiger partial charge in [0.15, 0.2) is 5.78 Å². The monoisotopic (exact) mass is 411 g/mol. The molecule has 5 rings (SSSR count). The number of hydrogen-bond donors (Lipinski definition) is 2. The average molecular weight is 411 g/mol. The number of alkyl halides is 1. The van der Waals surface area contributed by atoms with Gasteiger partial charge in [-0.05, 0) is 63.0 Å². The maximum atomic E-state index is 14.8. The molecular formula is C22H23F2N5O. The van der Waals surface area contributed by atoms with Crippen molar-refractivity contribution in [2.45, 2.75) is 57.2 Å². The van der Waals surface area contributed by atoms with Crippen LogP contribution in [0.5, 0.6) is 0 Å². The van der Waals surface area contributed by atoms with E-state index in [4.69, 9.17) is 0 Å². The van der Waals surface area contributed by atoms with Crippen LogP contribution in [0.15, 0.2) is 24.7 Å². The Bertz CT molecular complexity index is 1090. The smallest absolute Gasteiger partial charge is 0.224 e. The van der Waals surface area contributed by atoms with Crippen LogP contribution in [-0.2, 0) is 6.42 Å². The highest BCUT2D eigenvalue weighted by Gasteiger charge is 2.26. The fraction of sp³-hybridized carbons (Fsp3) is 0.455. The number of anilines is 1. The molecule has 0 unspecified atom stereocenters. The van der Waals surface area contributed by atoms with E-state index >= 15 is 0 Å². The van der Waals surface area contributed by atoms with Crippen molar-refractivity contribution < 1.29 is 13.6 Å². The van der Waals surface area contributed by atoms with E-state index in [1.165, 1.54) is 12.4 Å². The highest BCUT2D eigenvalue weighted by atomic mass is 19.1. The van der Waals surface area contributed by atoms with Gasteiger partial charge < -0.3 is 10.3 Å². The topological polar surface area (TPSA) is 83.6 Å². The van der Waals surface area contributed by atoms with Gasteiger partial charge in [-0.1, -0.05) is 0 Å². The Morgan fingerprint density at radius 2 is 1.90 bits per heavy atom. The van der Waals surface area contributed by atoms with Gasteiger partial charge in [0, 0.05) is 17.9 Å². The van der Waals surface area contributed by atoms with Crippen LogP contribution in [-0.4, -0.2) is 37.9 Å². The third-order valence-electron chi connectivity index (χ3n) is 6.06. The molecule has 0 aromatic carbocycles. The van der Waals surface area contributed by atoms with Gasteiger partial charge in [0.1, 0.15) is 24.0 Å². The zero-order valence-electron chi connectivity index (χ0n) is 16.5. The summed E-state index contributed by atoms with van der Waals surface area (Å²) in [6.07, 6.45) is 7.69. The molecular weight excluding hydrogens is 388 g/mol. The summed E-state index contributed by atoms with van der Waals surface area (Å²) in [5.74, 6) is -0.336. The lowest BCUT2D eigenvalue weighted by Gasteiger charge is -2.23. The van der Waals surface area contributed by atoms with Crippen LogP contribution in [0.1, 0.15) is 60.1 Å². The van der Waals surface area contributed by atoms with Gasteiger partial charge in [-0.2, -0.15) is 4.39 Å². The fourth-order valence-electron chi connectivity index (χ4n) is 4.19. The molecule has 0 saturated heterocycles. The number of nitrogens with one attached hydrogen (secondary N) is 2. The van der Waals surface area contributed by atoms with E-state index in [0.29, 0.717) is 59.3 Å². The second-order valence-electron chi connectivity index (χ2n) is 8.36. The zero-order chi connectivity index (χ0) is 20.7. The summed E-state index contributed by atoms with van der Waals surface area (Å²) in [6, 6.07) is 3.55. The summed E-state index contributed by atoms with van der Waals surface area (Å²) in [5.41, 5.74) is 1.38. The van der Waals surface area contributed by atoms with Crippen LogP contribution in [0.2, 0.25) is 0 Å². The first-order valence-corrected chi connectivity index (χ1v) is 10.5. The van der Waals surface area contributed by atoms with E-state index in [0.717, 1.165) is 25.7 Å². The van der Waals surface area contributed by atoms with Crippen molar-refractivity contribution in [1.82, 2.24) is 19.9 Å². The number of aromatic amines is 1. The minimum atomic E-state index is -0.778. The van der Waals surface area contributed by atoms with Crippen LogP contribution < -0.4 is 5.32 Å².